The van der Waals surface area contributed by atoms with Crippen molar-refractivity contribution in [2.24, 2.45) is 5.73 Å². The average Bonchev–Trinajstić information content (AvgIpc) is 3.03. The molecular weight excluding hydrogens is 346 g/mol. The van der Waals surface area contributed by atoms with Crippen LogP contribution in [-0.4, -0.2) is 32.0 Å². The molecule has 0 aliphatic rings. The van der Waals surface area contributed by atoms with Gasteiger partial charge in [-0.15, -0.1) is 0 Å². The van der Waals surface area contributed by atoms with Gasteiger partial charge >= 0.3 is 11.9 Å². The number of carboxylic acids is 1. The molecule has 2 heterocycles. The fourth-order valence-electron chi connectivity index (χ4n) is 2.64. The number of aromatic nitrogens is 2. The lowest BCUT2D eigenvalue weighted by atomic mass is 10.1. The maximum atomic E-state index is 12.2. The average molecular weight is 367 g/mol. The molecule has 3 N–H and O–H groups in total. The molecule has 7 heteroatoms. The molecule has 1 atom stereocenters. The van der Waals surface area contributed by atoms with E-state index >= 15 is 0 Å². The summed E-state index contributed by atoms with van der Waals surface area (Å²) in [5.74, 6) is -1.50. The van der Waals surface area contributed by atoms with Crippen LogP contribution in [0.25, 0.3) is 16.9 Å². The third-order valence-corrected chi connectivity index (χ3v) is 3.91. The van der Waals surface area contributed by atoms with Crippen LogP contribution in [-0.2, 0) is 9.53 Å². The van der Waals surface area contributed by atoms with Crippen molar-refractivity contribution in [1.29, 1.82) is 0 Å². The second-order valence-electron chi connectivity index (χ2n) is 7.25. The molecule has 0 saturated carbocycles. The number of benzene rings is 1. The van der Waals surface area contributed by atoms with E-state index in [0.29, 0.717) is 22.5 Å². The summed E-state index contributed by atoms with van der Waals surface area (Å²) in [4.78, 5) is 27.9. The van der Waals surface area contributed by atoms with E-state index in [1.54, 1.807) is 67.9 Å². The highest BCUT2D eigenvalue weighted by atomic mass is 16.6. The molecule has 0 aliphatic carbocycles. The molecule has 0 spiro atoms. The van der Waals surface area contributed by atoms with Crippen molar-refractivity contribution in [3.63, 3.8) is 0 Å². The molecule has 0 saturated heterocycles. The number of pyridine rings is 1. The number of esters is 1. The number of carbonyl (C=O) groups excluding carboxylic acids is 1. The van der Waals surface area contributed by atoms with Gasteiger partial charge in [0.15, 0.2) is 0 Å². The Balaban J connectivity index is 1.92. The predicted octanol–water partition coefficient (Wildman–Crippen LogP) is 3.04. The van der Waals surface area contributed by atoms with Gasteiger partial charge in [-0.1, -0.05) is 12.1 Å². The van der Waals surface area contributed by atoms with Gasteiger partial charge in [-0.3, -0.25) is 0 Å². The lowest BCUT2D eigenvalue weighted by Gasteiger charge is -2.22. The van der Waals surface area contributed by atoms with E-state index in [1.807, 2.05) is 0 Å². The molecule has 7 nitrogen and oxygen atoms in total. The number of hydrogen-bond donors (Lipinski definition) is 2. The van der Waals surface area contributed by atoms with Crippen LogP contribution in [0.3, 0.4) is 0 Å². The van der Waals surface area contributed by atoms with Crippen molar-refractivity contribution in [3.8, 4) is 11.3 Å². The Labute approximate surface area is 156 Å². The highest BCUT2D eigenvalue weighted by Gasteiger charge is 2.24. The van der Waals surface area contributed by atoms with Crippen molar-refractivity contribution in [1.82, 2.24) is 9.38 Å². The number of carboxylic acid groups (broad SMARTS) is 1. The monoisotopic (exact) mass is 367 g/mol. The van der Waals surface area contributed by atoms with Crippen molar-refractivity contribution in [2.75, 3.05) is 0 Å². The normalized spacial score (nSPS) is 12.7. The first kappa shape index (κ1) is 18.6. The standard InChI is InChI=1S/C20H21N3O4/c1-20(2,3)27-19(26)17(21)13-7-8-23-11-15(22-16(23)10-13)12-5-4-6-14(9-12)18(24)25/h4-11,17H,21H2,1-3H3,(H,24,25). The number of carbonyl (C=O) groups is 2. The van der Waals surface area contributed by atoms with Crippen LogP contribution in [0.15, 0.2) is 48.8 Å². The molecule has 3 rings (SSSR count). The number of nitrogens with zero attached hydrogens (tertiary/aromatic N) is 2. The van der Waals surface area contributed by atoms with E-state index in [0.717, 1.165) is 0 Å². The highest BCUT2D eigenvalue weighted by Crippen LogP contribution is 2.23. The van der Waals surface area contributed by atoms with Crippen LogP contribution in [0, 0.1) is 0 Å². The molecule has 0 fully saturated rings. The van der Waals surface area contributed by atoms with Gasteiger partial charge in [-0.05, 0) is 50.6 Å². The van der Waals surface area contributed by atoms with Gasteiger partial charge in [-0.25, -0.2) is 14.6 Å². The molecule has 3 aromatic rings. The topological polar surface area (TPSA) is 107 Å². The maximum Gasteiger partial charge on any atom is 0.335 e. The van der Waals surface area contributed by atoms with Gasteiger partial charge < -0.3 is 20.0 Å². The Morgan fingerprint density at radius 2 is 1.96 bits per heavy atom. The molecule has 2 aromatic heterocycles. The largest absolute Gasteiger partial charge is 0.478 e. The third kappa shape index (κ3) is 4.15. The second kappa shape index (κ2) is 6.85. The fourth-order valence-corrected chi connectivity index (χ4v) is 2.64. The molecule has 0 aliphatic heterocycles. The Kier molecular flexibility index (Phi) is 4.72. The van der Waals surface area contributed by atoms with Crippen LogP contribution in [0.5, 0.6) is 0 Å². The molecular formula is C20H21N3O4. The summed E-state index contributed by atoms with van der Waals surface area (Å²) < 4.78 is 7.12. The highest BCUT2D eigenvalue weighted by molar-refractivity contribution is 5.89. The van der Waals surface area contributed by atoms with E-state index in [1.165, 1.54) is 6.07 Å². The van der Waals surface area contributed by atoms with Gasteiger partial charge in [-0.2, -0.15) is 0 Å². The summed E-state index contributed by atoms with van der Waals surface area (Å²) in [5, 5.41) is 9.14. The number of hydrogen-bond acceptors (Lipinski definition) is 5. The van der Waals surface area contributed by atoms with Gasteiger partial charge in [0, 0.05) is 18.0 Å². The minimum atomic E-state index is -0.994. The number of fused-ring (bicyclic) bond motifs is 1. The third-order valence-electron chi connectivity index (χ3n) is 3.91. The first-order valence-electron chi connectivity index (χ1n) is 8.45. The lowest BCUT2D eigenvalue weighted by molar-refractivity contribution is -0.156. The Bertz CT molecular complexity index is 1020. The summed E-state index contributed by atoms with van der Waals surface area (Å²) in [6.45, 7) is 5.35. The lowest BCUT2D eigenvalue weighted by Crippen LogP contribution is -2.31. The van der Waals surface area contributed by atoms with Gasteiger partial charge in [0.25, 0.3) is 0 Å². The molecule has 27 heavy (non-hydrogen) atoms. The Morgan fingerprint density at radius 1 is 1.22 bits per heavy atom. The number of imidazole rings is 1. The first-order chi connectivity index (χ1) is 12.6. The van der Waals surface area contributed by atoms with Gasteiger partial charge in [0.1, 0.15) is 17.3 Å². The van der Waals surface area contributed by atoms with Crippen LogP contribution in [0.4, 0.5) is 0 Å². The minimum absolute atomic E-state index is 0.192. The molecule has 0 bridgehead atoms. The van der Waals surface area contributed by atoms with E-state index in [9.17, 15) is 9.59 Å². The molecule has 1 aromatic carbocycles. The van der Waals surface area contributed by atoms with Crippen LogP contribution >= 0.6 is 0 Å². The molecule has 0 amide bonds. The van der Waals surface area contributed by atoms with E-state index in [4.69, 9.17) is 15.6 Å². The van der Waals surface area contributed by atoms with Gasteiger partial charge in [0.2, 0.25) is 0 Å². The summed E-state index contributed by atoms with van der Waals surface area (Å²) in [7, 11) is 0. The summed E-state index contributed by atoms with van der Waals surface area (Å²) >= 11 is 0. The fraction of sp³-hybridized carbons (Fsp3) is 0.250. The SMILES string of the molecule is CC(C)(C)OC(=O)C(N)c1ccn2cc(-c3cccc(C(=O)O)c3)nc2c1. The van der Waals surface area contributed by atoms with E-state index in [-0.39, 0.29) is 5.56 Å². The number of rotatable bonds is 4. The number of aromatic carboxylic acids is 1. The zero-order valence-electron chi connectivity index (χ0n) is 15.3. The Hall–Kier alpha value is -3.19. The zero-order valence-corrected chi connectivity index (χ0v) is 15.3. The van der Waals surface area contributed by atoms with Crippen LogP contribution in [0.1, 0.15) is 42.7 Å². The zero-order chi connectivity index (χ0) is 19.8. The van der Waals surface area contributed by atoms with Crippen molar-refractivity contribution < 1.29 is 19.4 Å². The Morgan fingerprint density at radius 3 is 2.63 bits per heavy atom. The van der Waals surface area contributed by atoms with Crippen LogP contribution in [0.2, 0.25) is 0 Å². The van der Waals surface area contributed by atoms with Crippen molar-refractivity contribution in [2.45, 2.75) is 32.4 Å². The first-order valence-corrected chi connectivity index (χ1v) is 8.45. The van der Waals surface area contributed by atoms with E-state index < -0.39 is 23.6 Å². The summed E-state index contributed by atoms with van der Waals surface area (Å²) in [5.41, 5.74) is 8.11. The molecule has 1 unspecified atom stereocenters. The number of ether oxygens (including phenoxy) is 1. The van der Waals surface area contributed by atoms with Crippen molar-refractivity contribution in [3.05, 3.63) is 59.9 Å². The minimum Gasteiger partial charge on any atom is -0.478 e. The van der Waals surface area contributed by atoms with Gasteiger partial charge in [0.05, 0.1) is 11.3 Å². The van der Waals surface area contributed by atoms with Crippen LogP contribution < -0.4 is 5.73 Å². The summed E-state index contributed by atoms with van der Waals surface area (Å²) in [6, 6.07) is 9.11. The smallest absolute Gasteiger partial charge is 0.335 e. The summed E-state index contributed by atoms with van der Waals surface area (Å²) in [6.07, 6.45) is 3.55. The maximum absolute atomic E-state index is 12.2. The molecule has 0 radical (unpaired) electrons. The second-order valence-corrected chi connectivity index (χ2v) is 7.25. The van der Waals surface area contributed by atoms with Crippen molar-refractivity contribution >= 4 is 17.6 Å². The predicted molar refractivity (Wildman–Crippen MR) is 100 cm³/mol. The number of nitrogens with two attached hydrogens (primary N) is 1. The van der Waals surface area contributed by atoms with E-state index in [2.05, 4.69) is 4.98 Å². The molecule has 140 valence electrons. The quantitative estimate of drug-likeness (QED) is 0.687.